The van der Waals surface area contributed by atoms with Crippen LogP contribution in [0.2, 0.25) is 0 Å². The Morgan fingerprint density at radius 3 is 2.69 bits per heavy atom. The molecule has 1 rings (SSSR count). The van der Waals surface area contributed by atoms with Crippen LogP contribution in [0.5, 0.6) is 0 Å². The molecule has 0 aromatic carbocycles. The van der Waals surface area contributed by atoms with Gasteiger partial charge in [-0.2, -0.15) is 0 Å². The van der Waals surface area contributed by atoms with Crippen LogP contribution < -0.4 is 5.32 Å². The quantitative estimate of drug-likeness (QED) is 0.717. The Hall–Kier alpha value is -0.480. The number of hydrogen-bond donors (Lipinski definition) is 1. The van der Waals surface area contributed by atoms with Crippen LogP contribution in [-0.4, -0.2) is 13.6 Å². The zero-order chi connectivity index (χ0) is 12.0. The van der Waals surface area contributed by atoms with Crippen molar-refractivity contribution in [3.8, 4) is 11.8 Å². The first-order chi connectivity index (χ1) is 7.59. The van der Waals surface area contributed by atoms with Gasteiger partial charge in [0.25, 0.3) is 0 Å². The fraction of sp³-hybridized carbons (Fsp3) is 0.867. The third-order valence-electron chi connectivity index (χ3n) is 3.96. The van der Waals surface area contributed by atoms with Gasteiger partial charge in [-0.05, 0) is 63.5 Å². The zero-order valence-corrected chi connectivity index (χ0v) is 11.4. The number of nitrogens with one attached hydrogen (secondary N) is 1. The van der Waals surface area contributed by atoms with Gasteiger partial charge >= 0.3 is 0 Å². The summed E-state index contributed by atoms with van der Waals surface area (Å²) in [6, 6.07) is 0. The highest BCUT2D eigenvalue weighted by molar-refractivity contribution is 4.96. The molecule has 1 aliphatic rings. The maximum atomic E-state index is 3.35. The molecule has 1 fully saturated rings. The second-order valence-corrected chi connectivity index (χ2v) is 5.95. The number of hydrogen-bond acceptors (Lipinski definition) is 1. The molecular formula is C15H27N. The van der Waals surface area contributed by atoms with E-state index in [9.17, 15) is 0 Å². The summed E-state index contributed by atoms with van der Waals surface area (Å²) in [6.07, 6.45) is 6.52. The van der Waals surface area contributed by atoms with E-state index in [1.54, 1.807) is 0 Å². The Morgan fingerprint density at radius 2 is 2.06 bits per heavy atom. The third-order valence-corrected chi connectivity index (χ3v) is 3.96. The molecule has 0 aromatic rings. The van der Waals surface area contributed by atoms with Crippen molar-refractivity contribution in [2.24, 2.45) is 17.3 Å². The monoisotopic (exact) mass is 221 g/mol. The molecule has 0 heterocycles. The molecule has 1 nitrogen and oxygen atoms in total. The molecule has 2 atom stereocenters. The van der Waals surface area contributed by atoms with Gasteiger partial charge < -0.3 is 5.32 Å². The van der Waals surface area contributed by atoms with Crippen LogP contribution in [0.3, 0.4) is 0 Å². The molecule has 0 bridgehead atoms. The summed E-state index contributed by atoms with van der Waals surface area (Å²) in [5.41, 5.74) is 0.550. The minimum atomic E-state index is 0.550. The molecule has 0 spiro atoms. The predicted molar refractivity (Wildman–Crippen MR) is 71.2 cm³/mol. The molecule has 1 heteroatoms. The van der Waals surface area contributed by atoms with Crippen molar-refractivity contribution >= 4 is 0 Å². The highest BCUT2D eigenvalue weighted by atomic mass is 14.8. The van der Waals surface area contributed by atoms with Crippen LogP contribution in [0.25, 0.3) is 0 Å². The summed E-state index contributed by atoms with van der Waals surface area (Å²) < 4.78 is 0. The second kappa shape index (κ2) is 6.30. The van der Waals surface area contributed by atoms with E-state index >= 15 is 0 Å². The molecule has 0 aromatic heterocycles. The molecule has 0 aliphatic heterocycles. The maximum Gasteiger partial charge on any atom is 0.00913 e. The van der Waals surface area contributed by atoms with E-state index in [0.29, 0.717) is 5.41 Å². The van der Waals surface area contributed by atoms with Gasteiger partial charge in [-0.25, -0.2) is 0 Å². The summed E-state index contributed by atoms with van der Waals surface area (Å²) in [6.45, 7) is 7.96. The van der Waals surface area contributed by atoms with Gasteiger partial charge in [-0.3, -0.25) is 0 Å². The Bertz CT molecular complexity index is 256. The minimum absolute atomic E-state index is 0.550. The second-order valence-electron chi connectivity index (χ2n) is 5.95. The fourth-order valence-electron chi connectivity index (χ4n) is 3.04. The first kappa shape index (κ1) is 13.6. The van der Waals surface area contributed by atoms with Crippen LogP contribution >= 0.6 is 0 Å². The van der Waals surface area contributed by atoms with E-state index in [2.05, 4.69) is 38.1 Å². The zero-order valence-electron chi connectivity index (χ0n) is 11.4. The van der Waals surface area contributed by atoms with Gasteiger partial charge in [0.05, 0.1) is 0 Å². The molecule has 0 saturated heterocycles. The van der Waals surface area contributed by atoms with Gasteiger partial charge in [0.15, 0.2) is 0 Å². The Balaban J connectivity index is 2.52. The highest BCUT2D eigenvalue weighted by Crippen LogP contribution is 2.43. The lowest BCUT2D eigenvalue weighted by molar-refractivity contribution is 0.112. The van der Waals surface area contributed by atoms with Crippen LogP contribution in [0.15, 0.2) is 0 Å². The summed E-state index contributed by atoms with van der Waals surface area (Å²) in [5.74, 6) is 7.97. The third kappa shape index (κ3) is 4.18. The van der Waals surface area contributed by atoms with E-state index in [0.717, 1.165) is 18.3 Å². The normalized spacial score (nSPS) is 28.2. The van der Waals surface area contributed by atoms with Crippen molar-refractivity contribution in [3.05, 3.63) is 0 Å². The van der Waals surface area contributed by atoms with Gasteiger partial charge in [0, 0.05) is 6.42 Å². The molecule has 16 heavy (non-hydrogen) atoms. The molecule has 1 aliphatic carbocycles. The molecule has 0 amide bonds. The standard InChI is InChI=1S/C15H27N/c1-5-6-7-8-13-11-15(2,3)10-9-14(13)12-16-4/h13-14,16H,7-12H2,1-4H3. The van der Waals surface area contributed by atoms with Crippen LogP contribution in [0.1, 0.15) is 52.9 Å². The van der Waals surface area contributed by atoms with Crippen molar-refractivity contribution in [2.45, 2.75) is 52.9 Å². The van der Waals surface area contributed by atoms with Gasteiger partial charge in [0.2, 0.25) is 0 Å². The van der Waals surface area contributed by atoms with Gasteiger partial charge in [-0.1, -0.05) is 13.8 Å². The predicted octanol–water partition coefficient (Wildman–Crippen LogP) is 3.45. The lowest BCUT2D eigenvalue weighted by Gasteiger charge is -2.41. The highest BCUT2D eigenvalue weighted by Gasteiger charge is 2.33. The summed E-state index contributed by atoms with van der Waals surface area (Å²) in [4.78, 5) is 0. The molecule has 1 saturated carbocycles. The van der Waals surface area contributed by atoms with E-state index in [1.807, 2.05) is 6.92 Å². The average Bonchev–Trinajstić information content (AvgIpc) is 2.22. The fourth-order valence-corrected chi connectivity index (χ4v) is 3.04. The first-order valence-corrected chi connectivity index (χ1v) is 6.63. The van der Waals surface area contributed by atoms with E-state index in [4.69, 9.17) is 0 Å². The van der Waals surface area contributed by atoms with Crippen molar-refractivity contribution in [3.63, 3.8) is 0 Å². The van der Waals surface area contributed by atoms with E-state index in [-0.39, 0.29) is 0 Å². The van der Waals surface area contributed by atoms with Crippen molar-refractivity contribution in [2.75, 3.05) is 13.6 Å². The van der Waals surface area contributed by atoms with Crippen LogP contribution in [0.4, 0.5) is 0 Å². The Kier molecular flexibility index (Phi) is 5.35. The van der Waals surface area contributed by atoms with Gasteiger partial charge in [-0.15, -0.1) is 11.8 Å². The SMILES string of the molecule is CC#CCCC1CC(C)(C)CCC1CNC. The minimum Gasteiger partial charge on any atom is -0.319 e. The summed E-state index contributed by atoms with van der Waals surface area (Å²) in [5, 5.41) is 3.35. The largest absolute Gasteiger partial charge is 0.319 e. The van der Waals surface area contributed by atoms with Gasteiger partial charge in [0.1, 0.15) is 0 Å². The van der Waals surface area contributed by atoms with Crippen LogP contribution in [-0.2, 0) is 0 Å². The Labute approximate surface area is 101 Å². The van der Waals surface area contributed by atoms with Crippen LogP contribution in [0, 0.1) is 29.1 Å². The molecule has 92 valence electrons. The molecule has 2 unspecified atom stereocenters. The molecular weight excluding hydrogens is 194 g/mol. The smallest absolute Gasteiger partial charge is 0.00913 e. The summed E-state index contributed by atoms with van der Waals surface area (Å²) in [7, 11) is 2.07. The van der Waals surface area contributed by atoms with E-state index in [1.165, 1.54) is 32.2 Å². The first-order valence-electron chi connectivity index (χ1n) is 6.63. The number of rotatable bonds is 4. The lowest BCUT2D eigenvalue weighted by Crippen LogP contribution is -2.35. The van der Waals surface area contributed by atoms with Crippen molar-refractivity contribution < 1.29 is 0 Å². The van der Waals surface area contributed by atoms with E-state index < -0.39 is 0 Å². The average molecular weight is 221 g/mol. The molecule has 0 radical (unpaired) electrons. The van der Waals surface area contributed by atoms with Crippen molar-refractivity contribution in [1.29, 1.82) is 0 Å². The lowest BCUT2D eigenvalue weighted by atomic mass is 9.66. The maximum absolute atomic E-state index is 3.35. The Morgan fingerprint density at radius 1 is 1.31 bits per heavy atom. The molecule has 1 N–H and O–H groups in total. The van der Waals surface area contributed by atoms with Crippen molar-refractivity contribution in [1.82, 2.24) is 5.32 Å². The topological polar surface area (TPSA) is 12.0 Å². The summed E-state index contributed by atoms with van der Waals surface area (Å²) >= 11 is 0.